The number of carbonyl (C=O) groups is 2. The lowest BCUT2D eigenvalue weighted by atomic mass is 9.94. The summed E-state index contributed by atoms with van der Waals surface area (Å²) >= 11 is 0. The summed E-state index contributed by atoms with van der Waals surface area (Å²) < 4.78 is 13.1. The lowest BCUT2D eigenvalue weighted by molar-refractivity contribution is -0.133. The van der Waals surface area contributed by atoms with Crippen molar-refractivity contribution < 1.29 is 14.0 Å². The van der Waals surface area contributed by atoms with Gasteiger partial charge in [-0.1, -0.05) is 24.3 Å². The Kier molecular flexibility index (Phi) is 4.57. The maximum atomic E-state index is 13.1. The highest BCUT2D eigenvalue weighted by Crippen LogP contribution is 2.49. The average Bonchev–Trinajstić information content (AvgIpc) is 3.43. The topological polar surface area (TPSA) is 49.4 Å². The van der Waals surface area contributed by atoms with Crippen molar-refractivity contribution in [3.8, 4) is 0 Å². The van der Waals surface area contributed by atoms with Crippen molar-refractivity contribution in [2.24, 2.45) is 0 Å². The third-order valence-electron chi connectivity index (χ3n) is 4.77. The van der Waals surface area contributed by atoms with E-state index in [0.29, 0.717) is 12.1 Å². The van der Waals surface area contributed by atoms with E-state index in [2.05, 4.69) is 5.32 Å². The minimum atomic E-state index is -0.509. The number of carbonyl (C=O) groups excluding carboxylic acids is 2. The van der Waals surface area contributed by atoms with Crippen LogP contribution in [0.4, 0.5) is 4.39 Å². The molecule has 0 bridgehead atoms. The predicted molar refractivity (Wildman–Crippen MR) is 93.6 cm³/mol. The molecule has 1 fully saturated rings. The van der Waals surface area contributed by atoms with E-state index in [1.807, 2.05) is 12.1 Å². The van der Waals surface area contributed by atoms with E-state index in [0.717, 1.165) is 24.0 Å². The molecule has 5 heteroatoms. The van der Waals surface area contributed by atoms with Gasteiger partial charge in [0.1, 0.15) is 5.82 Å². The van der Waals surface area contributed by atoms with E-state index >= 15 is 0 Å². The van der Waals surface area contributed by atoms with Crippen molar-refractivity contribution in [1.29, 1.82) is 0 Å². The summed E-state index contributed by atoms with van der Waals surface area (Å²) in [7, 11) is 3.37. The summed E-state index contributed by atoms with van der Waals surface area (Å²) in [5, 5.41) is 2.58. The second-order valence-corrected chi connectivity index (χ2v) is 6.53. The van der Waals surface area contributed by atoms with Gasteiger partial charge in [0.05, 0.1) is 5.41 Å². The van der Waals surface area contributed by atoms with Crippen LogP contribution in [0.5, 0.6) is 0 Å². The van der Waals surface area contributed by atoms with E-state index in [1.165, 1.54) is 12.1 Å². The van der Waals surface area contributed by atoms with Gasteiger partial charge in [-0.25, -0.2) is 4.39 Å². The summed E-state index contributed by atoms with van der Waals surface area (Å²) in [6.45, 7) is 0.468. The first-order valence-electron chi connectivity index (χ1n) is 8.29. The first kappa shape index (κ1) is 17.1. The van der Waals surface area contributed by atoms with E-state index in [-0.39, 0.29) is 17.6 Å². The monoisotopic (exact) mass is 340 g/mol. The van der Waals surface area contributed by atoms with Crippen LogP contribution >= 0.6 is 0 Å². The van der Waals surface area contributed by atoms with Gasteiger partial charge in [-0.2, -0.15) is 0 Å². The fourth-order valence-corrected chi connectivity index (χ4v) is 3.14. The maximum Gasteiger partial charge on any atom is 0.251 e. The van der Waals surface area contributed by atoms with Crippen LogP contribution in [0, 0.1) is 5.82 Å². The largest absolute Gasteiger partial charge is 0.355 e. The molecule has 0 aliphatic heterocycles. The molecule has 0 radical (unpaired) electrons. The summed E-state index contributed by atoms with van der Waals surface area (Å²) in [4.78, 5) is 26.2. The zero-order valence-corrected chi connectivity index (χ0v) is 14.4. The Morgan fingerprint density at radius 2 is 1.68 bits per heavy atom. The van der Waals surface area contributed by atoms with Gasteiger partial charge in [0.15, 0.2) is 0 Å². The quantitative estimate of drug-likeness (QED) is 0.910. The van der Waals surface area contributed by atoms with Crippen molar-refractivity contribution in [2.75, 3.05) is 14.1 Å². The average molecular weight is 340 g/mol. The van der Waals surface area contributed by atoms with Crippen LogP contribution in [0.3, 0.4) is 0 Å². The molecule has 1 aliphatic rings. The zero-order chi connectivity index (χ0) is 18.0. The molecule has 25 heavy (non-hydrogen) atoms. The summed E-state index contributed by atoms with van der Waals surface area (Å²) in [5.74, 6) is -0.379. The van der Waals surface area contributed by atoms with Gasteiger partial charge in [0, 0.05) is 26.2 Å². The minimum Gasteiger partial charge on any atom is -0.355 e. The Morgan fingerprint density at radius 1 is 1.08 bits per heavy atom. The minimum absolute atomic E-state index is 0.0504. The van der Waals surface area contributed by atoms with Crippen molar-refractivity contribution in [3.05, 3.63) is 71.0 Å². The molecule has 1 saturated carbocycles. The number of halogens is 1. The molecule has 130 valence electrons. The molecule has 0 aromatic heterocycles. The molecule has 1 aliphatic carbocycles. The number of likely N-dealkylation sites (N-methyl/N-ethyl adjacent to an activating group) is 1. The number of nitrogens with one attached hydrogen (secondary N) is 1. The van der Waals surface area contributed by atoms with E-state index in [9.17, 15) is 14.0 Å². The van der Waals surface area contributed by atoms with E-state index in [1.54, 1.807) is 43.3 Å². The highest BCUT2D eigenvalue weighted by atomic mass is 19.1. The number of hydrogen-bond acceptors (Lipinski definition) is 2. The molecule has 2 aromatic carbocycles. The Hall–Kier alpha value is -2.69. The highest BCUT2D eigenvalue weighted by molar-refractivity contribution is 5.94. The Balaban J connectivity index is 1.70. The van der Waals surface area contributed by atoms with Crippen LogP contribution in [-0.2, 0) is 16.8 Å². The second kappa shape index (κ2) is 6.67. The number of benzene rings is 2. The smallest absolute Gasteiger partial charge is 0.251 e. The molecular formula is C20H21FN2O2. The van der Waals surface area contributed by atoms with Gasteiger partial charge in [0.2, 0.25) is 5.91 Å². The molecule has 0 saturated heterocycles. The fraction of sp³-hybridized carbons (Fsp3) is 0.300. The fourth-order valence-electron chi connectivity index (χ4n) is 3.14. The van der Waals surface area contributed by atoms with Gasteiger partial charge in [-0.05, 0) is 48.2 Å². The number of amides is 2. The number of hydrogen-bond donors (Lipinski definition) is 1. The molecule has 3 rings (SSSR count). The zero-order valence-electron chi connectivity index (χ0n) is 14.4. The normalized spacial score (nSPS) is 14.7. The lowest BCUT2D eigenvalue weighted by Crippen LogP contribution is -2.36. The van der Waals surface area contributed by atoms with Crippen molar-refractivity contribution >= 4 is 11.8 Å². The molecule has 2 aromatic rings. The Bertz CT molecular complexity index is 780. The third kappa shape index (κ3) is 3.40. The Morgan fingerprint density at radius 3 is 2.20 bits per heavy atom. The first-order valence-corrected chi connectivity index (χ1v) is 8.29. The molecule has 2 amide bonds. The van der Waals surface area contributed by atoms with Crippen LogP contribution < -0.4 is 5.32 Å². The highest BCUT2D eigenvalue weighted by Gasteiger charge is 2.52. The van der Waals surface area contributed by atoms with Crippen LogP contribution in [0.2, 0.25) is 0 Å². The number of rotatable bonds is 5. The standard InChI is InChI=1S/C20H21FN2O2/c1-22-18(24)15-5-3-14(4-6-15)13-23(2)19(25)20(11-12-20)16-7-9-17(21)10-8-16/h3-10H,11-13H2,1-2H3,(H,22,24). The van der Waals surface area contributed by atoms with Gasteiger partial charge in [-0.3, -0.25) is 9.59 Å². The van der Waals surface area contributed by atoms with Crippen LogP contribution in [-0.4, -0.2) is 30.8 Å². The van der Waals surface area contributed by atoms with Crippen molar-refractivity contribution in [2.45, 2.75) is 24.8 Å². The summed E-state index contributed by atoms with van der Waals surface area (Å²) in [5.41, 5.74) is 1.91. The molecule has 0 unspecified atom stereocenters. The van der Waals surface area contributed by atoms with Gasteiger partial charge < -0.3 is 10.2 Å². The van der Waals surface area contributed by atoms with Crippen LogP contribution in [0.1, 0.15) is 34.3 Å². The number of nitrogens with zero attached hydrogens (tertiary/aromatic N) is 1. The molecule has 0 heterocycles. The summed E-state index contributed by atoms with van der Waals surface area (Å²) in [6, 6.07) is 13.4. The lowest BCUT2D eigenvalue weighted by Gasteiger charge is -2.24. The van der Waals surface area contributed by atoms with Crippen LogP contribution in [0.25, 0.3) is 0 Å². The van der Waals surface area contributed by atoms with Crippen molar-refractivity contribution in [3.63, 3.8) is 0 Å². The van der Waals surface area contributed by atoms with Crippen molar-refractivity contribution in [1.82, 2.24) is 10.2 Å². The molecule has 0 atom stereocenters. The predicted octanol–water partition coefficient (Wildman–Crippen LogP) is 2.88. The van der Waals surface area contributed by atoms with Crippen LogP contribution in [0.15, 0.2) is 48.5 Å². The molecule has 0 spiro atoms. The second-order valence-electron chi connectivity index (χ2n) is 6.53. The maximum absolute atomic E-state index is 13.1. The van der Waals surface area contributed by atoms with Gasteiger partial charge >= 0.3 is 0 Å². The molecule has 1 N–H and O–H groups in total. The first-order chi connectivity index (χ1) is 12.0. The Labute approximate surface area is 146 Å². The summed E-state index contributed by atoms with van der Waals surface area (Å²) in [6.07, 6.45) is 1.58. The van der Waals surface area contributed by atoms with Gasteiger partial charge in [-0.15, -0.1) is 0 Å². The third-order valence-corrected chi connectivity index (χ3v) is 4.77. The van der Waals surface area contributed by atoms with E-state index < -0.39 is 5.41 Å². The molecular weight excluding hydrogens is 319 g/mol. The molecule has 4 nitrogen and oxygen atoms in total. The SMILES string of the molecule is CNC(=O)c1ccc(CN(C)C(=O)C2(c3ccc(F)cc3)CC2)cc1. The van der Waals surface area contributed by atoms with E-state index in [4.69, 9.17) is 0 Å². The van der Waals surface area contributed by atoms with Gasteiger partial charge in [0.25, 0.3) is 5.91 Å².